The van der Waals surface area contributed by atoms with Gasteiger partial charge in [0.05, 0.1) is 18.4 Å². The summed E-state index contributed by atoms with van der Waals surface area (Å²) in [6, 6.07) is 13.1. The fourth-order valence-corrected chi connectivity index (χ4v) is 2.51. The van der Waals surface area contributed by atoms with E-state index in [1.165, 1.54) is 21.0 Å². The first-order valence-electron chi connectivity index (χ1n) is 8.85. The molecule has 0 radical (unpaired) electrons. The highest BCUT2D eigenvalue weighted by Crippen LogP contribution is 2.17. The van der Waals surface area contributed by atoms with Crippen molar-refractivity contribution in [3.05, 3.63) is 59.7 Å². The highest BCUT2D eigenvalue weighted by molar-refractivity contribution is 6.05. The molecule has 2 aromatic carbocycles. The SMILES string of the molecule is COc1ccccc1C(=O)NCC(=O)O[C@H](C)C(=O)Nc1ccccc1C(C)=O. The van der Waals surface area contributed by atoms with Crippen LogP contribution in [0.4, 0.5) is 5.69 Å². The van der Waals surface area contributed by atoms with E-state index in [9.17, 15) is 19.2 Å². The Bertz CT molecular complexity index is 925. The third kappa shape index (κ3) is 5.90. The summed E-state index contributed by atoms with van der Waals surface area (Å²) in [6.45, 7) is 2.36. The van der Waals surface area contributed by atoms with E-state index < -0.39 is 30.4 Å². The number of ketones is 1. The summed E-state index contributed by atoms with van der Waals surface area (Å²) in [5.41, 5.74) is 0.954. The zero-order chi connectivity index (χ0) is 21.4. The van der Waals surface area contributed by atoms with Crippen LogP contribution in [0.1, 0.15) is 34.6 Å². The van der Waals surface area contributed by atoms with Gasteiger partial charge in [-0.15, -0.1) is 0 Å². The Kier molecular flexibility index (Phi) is 7.47. The van der Waals surface area contributed by atoms with Crippen LogP contribution in [0.15, 0.2) is 48.5 Å². The van der Waals surface area contributed by atoms with Crippen molar-refractivity contribution in [1.29, 1.82) is 0 Å². The van der Waals surface area contributed by atoms with Crippen molar-refractivity contribution >= 4 is 29.3 Å². The molecule has 152 valence electrons. The predicted octanol–water partition coefficient (Wildman–Crippen LogP) is 2.20. The van der Waals surface area contributed by atoms with Crippen LogP contribution in [0.25, 0.3) is 0 Å². The van der Waals surface area contributed by atoms with Crippen molar-refractivity contribution in [2.75, 3.05) is 19.0 Å². The molecule has 0 heterocycles. The Balaban J connectivity index is 1.89. The second kappa shape index (κ2) is 10.0. The molecule has 2 amide bonds. The molecule has 2 N–H and O–H groups in total. The number of anilines is 1. The molecule has 1 atom stereocenters. The number of Topliss-reactive ketones (excluding diaryl/α,β-unsaturated/α-hetero) is 1. The molecule has 0 spiro atoms. The molecule has 2 rings (SSSR count). The lowest BCUT2D eigenvalue weighted by atomic mass is 10.1. The number of hydrogen-bond donors (Lipinski definition) is 2. The molecule has 2 aromatic rings. The lowest BCUT2D eigenvalue weighted by Crippen LogP contribution is -2.36. The van der Waals surface area contributed by atoms with Crippen molar-refractivity contribution in [2.45, 2.75) is 20.0 Å². The number of amides is 2. The highest BCUT2D eigenvalue weighted by atomic mass is 16.5. The fraction of sp³-hybridized carbons (Fsp3) is 0.238. The van der Waals surface area contributed by atoms with Gasteiger partial charge in [0.25, 0.3) is 11.8 Å². The van der Waals surface area contributed by atoms with Crippen molar-refractivity contribution in [3.63, 3.8) is 0 Å². The minimum atomic E-state index is -1.12. The number of carbonyl (C=O) groups is 4. The maximum Gasteiger partial charge on any atom is 0.326 e. The van der Waals surface area contributed by atoms with Crippen LogP contribution in [0, 0.1) is 0 Å². The molecule has 8 heteroatoms. The van der Waals surface area contributed by atoms with Gasteiger partial charge in [0.1, 0.15) is 12.3 Å². The maximum atomic E-state index is 12.3. The summed E-state index contributed by atoms with van der Waals surface area (Å²) in [6.07, 6.45) is -1.12. The van der Waals surface area contributed by atoms with Crippen LogP contribution < -0.4 is 15.4 Å². The van der Waals surface area contributed by atoms with Gasteiger partial charge in [-0.05, 0) is 38.1 Å². The fourth-order valence-electron chi connectivity index (χ4n) is 2.51. The van der Waals surface area contributed by atoms with E-state index in [-0.39, 0.29) is 11.3 Å². The monoisotopic (exact) mass is 398 g/mol. The molecular weight excluding hydrogens is 376 g/mol. The molecule has 0 saturated carbocycles. The first kappa shape index (κ1) is 21.6. The minimum Gasteiger partial charge on any atom is -0.496 e. The Morgan fingerprint density at radius 2 is 1.59 bits per heavy atom. The standard InChI is InChI=1S/C21H22N2O6/c1-13(24)15-8-4-6-10-17(15)23-20(26)14(2)29-19(25)12-22-21(27)16-9-5-7-11-18(16)28-3/h4-11,14H,12H2,1-3H3,(H,22,27)(H,23,26)/t14-/m1/s1. The number of esters is 1. The average Bonchev–Trinajstić information content (AvgIpc) is 2.72. The maximum absolute atomic E-state index is 12.3. The van der Waals surface area contributed by atoms with E-state index in [1.54, 1.807) is 48.5 Å². The largest absolute Gasteiger partial charge is 0.496 e. The molecule has 0 unspecified atom stereocenters. The van der Waals surface area contributed by atoms with Crippen LogP contribution >= 0.6 is 0 Å². The number of ether oxygens (including phenoxy) is 2. The number of hydrogen-bond acceptors (Lipinski definition) is 6. The van der Waals surface area contributed by atoms with Gasteiger partial charge in [0.15, 0.2) is 11.9 Å². The third-order valence-corrected chi connectivity index (χ3v) is 3.99. The summed E-state index contributed by atoms with van der Waals surface area (Å²) in [4.78, 5) is 48.0. The van der Waals surface area contributed by atoms with E-state index in [4.69, 9.17) is 9.47 Å². The van der Waals surface area contributed by atoms with Crippen molar-refractivity contribution in [2.24, 2.45) is 0 Å². The lowest BCUT2D eigenvalue weighted by molar-refractivity contribution is -0.152. The second-order valence-corrected chi connectivity index (χ2v) is 6.11. The first-order chi connectivity index (χ1) is 13.8. The average molecular weight is 398 g/mol. The van der Waals surface area contributed by atoms with Gasteiger partial charge in [-0.25, -0.2) is 0 Å². The molecule has 0 bridgehead atoms. The van der Waals surface area contributed by atoms with Crippen LogP contribution in [-0.2, 0) is 14.3 Å². The molecule has 0 aliphatic carbocycles. The van der Waals surface area contributed by atoms with E-state index in [0.717, 1.165) is 0 Å². The molecule has 0 fully saturated rings. The van der Waals surface area contributed by atoms with Gasteiger partial charge in [0.2, 0.25) is 0 Å². The normalized spacial score (nSPS) is 11.1. The number of benzene rings is 2. The summed E-state index contributed by atoms with van der Waals surface area (Å²) < 4.78 is 10.1. The summed E-state index contributed by atoms with van der Waals surface area (Å²) in [7, 11) is 1.44. The minimum absolute atomic E-state index is 0.204. The van der Waals surface area contributed by atoms with E-state index in [2.05, 4.69) is 10.6 Å². The van der Waals surface area contributed by atoms with Crippen molar-refractivity contribution in [1.82, 2.24) is 5.32 Å². The number of nitrogens with one attached hydrogen (secondary N) is 2. The number of carbonyl (C=O) groups excluding carboxylic acids is 4. The molecule has 0 aliphatic rings. The quantitative estimate of drug-likeness (QED) is 0.521. The zero-order valence-electron chi connectivity index (χ0n) is 16.4. The smallest absolute Gasteiger partial charge is 0.326 e. The van der Waals surface area contributed by atoms with Crippen LogP contribution in [0.3, 0.4) is 0 Å². The Morgan fingerprint density at radius 1 is 0.966 bits per heavy atom. The van der Waals surface area contributed by atoms with Crippen molar-refractivity contribution < 1.29 is 28.7 Å². The molecule has 8 nitrogen and oxygen atoms in total. The molecule has 0 aliphatic heterocycles. The predicted molar refractivity (Wildman–Crippen MR) is 106 cm³/mol. The van der Waals surface area contributed by atoms with Gasteiger partial charge >= 0.3 is 5.97 Å². The second-order valence-electron chi connectivity index (χ2n) is 6.11. The van der Waals surface area contributed by atoms with Crippen molar-refractivity contribution in [3.8, 4) is 5.75 Å². The summed E-state index contributed by atoms with van der Waals surface area (Å²) in [5.74, 6) is -1.72. The number of rotatable bonds is 8. The van der Waals surface area contributed by atoms with Crippen LogP contribution in [0.2, 0.25) is 0 Å². The van der Waals surface area contributed by atoms with Crippen LogP contribution in [0.5, 0.6) is 5.75 Å². The molecule has 0 saturated heterocycles. The van der Waals surface area contributed by atoms with E-state index >= 15 is 0 Å². The molecular formula is C21H22N2O6. The van der Waals surface area contributed by atoms with Gasteiger partial charge in [-0.1, -0.05) is 24.3 Å². The molecule has 29 heavy (non-hydrogen) atoms. The Morgan fingerprint density at radius 3 is 2.24 bits per heavy atom. The Hall–Kier alpha value is -3.68. The Labute approximate surface area is 168 Å². The van der Waals surface area contributed by atoms with Crippen LogP contribution in [-0.4, -0.2) is 43.3 Å². The van der Waals surface area contributed by atoms with E-state index in [1.807, 2.05) is 0 Å². The van der Waals surface area contributed by atoms with Gasteiger partial charge in [-0.3, -0.25) is 19.2 Å². The van der Waals surface area contributed by atoms with Gasteiger partial charge in [-0.2, -0.15) is 0 Å². The summed E-state index contributed by atoms with van der Waals surface area (Å²) in [5, 5.41) is 4.98. The molecule has 0 aromatic heterocycles. The van der Waals surface area contributed by atoms with Gasteiger partial charge in [0, 0.05) is 5.56 Å². The van der Waals surface area contributed by atoms with Gasteiger partial charge < -0.3 is 20.1 Å². The van der Waals surface area contributed by atoms with E-state index in [0.29, 0.717) is 17.0 Å². The highest BCUT2D eigenvalue weighted by Gasteiger charge is 2.20. The first-order valence-corrected chi connectivity index (χ1v) is 8.85. The third-order valence-electron chi connectivity index (χ3n) is 3.99. The topological polar surface area (TPSA) is 111 Å². The lowest BCUT2D eigenvalue weighted by Gasteiger charge is -2.15. The number of methoxy groups -OCH3 is 1. The summed E-state index contributed by atoms with van der Waals surface area (Å²) >= 11 is 0. The zero-order valence-corrected chi connectivity index (χ0v) is 16.4. The number of para-hydroxylation sites is 2.